The second-order valence-electron chi connectivity index (χ2n) is 4.43. The number of carbonyl (C=O) groups is 1. The Balaban J connectivity index is 1.54. The van der Waals surface area contributed by atoms with Gasteiger partial charge in [-0.2, -0.15) is 0 Å². The van der Waals surface area contributed by atoms with E-state index in [1.807, 2.05) is 37.3 Å². The smallest absolute Gasteiger partial charge is 0.277 e. The van der Waals surface area contributed by atoms with Crippen molar-refractivity contribution >= 4 is 34.1 Å². The first-order valence-electron chi connectivity index (χ1n) is 6.88. The van der Waals surface area contributed by atoms with Crippen LogP contribution in [0.25, 0.3) is 11.5 Å². The van der Waals surface area contributed by atoms with Gasteiger partial charge in [-0.15, -0.1) is 20.4 Å². The SMILES string of the molecule is CCc1nnc(NC(=O)CSc2nnc(-c3ccccc3)o2)s1. The summed E-state index contributed by atoms with van der Waals surface area (Å²) in [6.45, 7) is 1.99. The minimum Gasteiger partial charge on any atom is -0.411 e. The van der Waals surface area contributed by atoms with Gasteiger partial charge in [0.1, 0.15) is 5.01 Å². The number of rotatable bonds is 6. The molecule has 0 aliphatic carbocycles. The van der Waals surface area contributed by atoms with Crippen molar-refractivity contribution < 1.29 is 9.21 Å². The lowest BCUT2D eigenvalue weighted by Crippen LogP contribution is -2.13. The average Bonchev–Trinajstić information content (AvgIpc) is 3.23. The molecule has 1 aromatic carbocycles. The third-order valence-electron chi connectivity index (χ3n) is 2.77. The molecule has 118 valence electrons. The maximum atomic E-state index is 11.9. The van der Waals surface area contributed by atoms with Crippen molar-refractivity contribution in [1.29, 1.82) is 0 Å². The minimum atomic E-state index is -0.187. The molecule has 0 radical (unpaired) electrons. The predicted molar refractivity (Wildman–Crippen MR) is 88.4 cm³/mol. The van der Waals surface area contributed by atoms with Gasteiger partial charge in [-0.25, -0.2) is 0 Å². The van der Waals surface area contributed by atoms with Crippen molar-refractivity contribution in [2.75, 3.05) is 11.1 Å². The number of hydrogen-bond acceptors (Lipinski definition) is 8. The maximum Gasteiger partial charge on any atom is 0.277 e. The Bertz CT molecular complexity index is 787. The molecule has 3 rings (SSSR count). The van der Waals surface area contributed by atoms with Crippen molar-refractivity contribution in [3.8, 4) is 11.5 Å². The quantitative estimate of drug-likeness (QED) is 0.685. The van der Waals surface area contributed by atoms with Crippen LogP contribution in [-0.2, 0) is 11.2 Å². The van der Waals surface area contributed by atoms with Crippen LogP contribution >= 0.6 is 23.1 Å². The van der Waals surface area contributed by atoms with Gasteiger partial charge in [0, 0.05) is 5.56 Å². The standard InChI is InChI=1S/C14H13N5O2S2/c1-2-11-16-18-13(23-11)15-10(20)8-22-14-19-17-12(21-14)9-6-4-3-5-7-9/h3-7H,2,8H2,1H3,(H,15,18,20). The molecule has 0 fully saturated rings. The zero-order chi connectivity index (χ0) is 16.1. The van der Waals surface area contributed by atoms with E-state index in [4.69, 9.17) is 4.42 Å². The molecule has 23 heavy (non-hydrogen) atoms. The van der Waals surface area contributed by atoms with Gasteiger partial charge in [0.05, 0.1) is 5.75 Å². The fourth-order valence-corrected chi connectivity index (χ4v) is 2.95. The first-order chi connectivity index (χ1) is 11.2. The normalized spacial score (nSPS) is 10.7. The number of aryl methyl sites for hydroxylation is 1. The van der Waals surface area contributed by atoms with E-state index < -0.39 is 0 Å². The molecule has 0 saturated heterocycles. The molecular weight excluding hydrogens is 334 g/mol. The van der Waals surface area contributed by atoms with Crippen molar-refractivity contribution in [2.45, 2.75) is 18.6 Å². The monoisotopic (exact) mass is 347 g/mol. The molecule has 3 aromatic rings. The fourth-order valence-electron chi connectivity index (χ4n) is 1.70. The lowest BCUT2D eigenvalue weighted by atomic mass is 10.2. The van der Waals surface area contributed by atoms with E-state index in [2.05, 4.69) is 25.7 Å². The molecule has 0 aliphatic rings. The largest absolute Gasteiger partial charge is 0.411 e. The molecule has 2 heterocycles. The highest BCUT2D eigenvalue weighted by molar-refractivity contribution is 7.99. The van der Waals surface area contributed by atoms with E-state index in [-0.39, 0.29) is 11.7 Å². The first kappa shape index (κ1) is 15.6. The lowest BCUT2D eigenvalue weighted by molar-refractivity contribution is -0.113. The van der Waals surface area contributed by atoms with Crippen LogP contribution in [0.15, 0.2) is 40.0 Å². The van der Waals surface area contributed by atoms with E-state index in [1.165, 1.54) is 23.1 Å². The summed E-state index contributed by atoms with van der Waals surface area (Å²) in [7, 11) is 0. The summed E-state index contributed by atoms with van der Waals surface area (Å²) in [6, 6.07) is 9.47. The molecule has 7 nitrogen and oxygen atoms in total. The van der Waals surface area contributed by atoms with Crippen molar-refractivity contribution in [3.05, 3.63) is 35.3 Å². The summed E-state index contributed by atoms with van der Waals surface area (Å²) in [5.41, 5.74) is 0.845. The number of anilines is 1. The molecule has 0 unspecified atom stereocenters. The summed E-state index contributed by atoms with van der Waals surface area (Å²) in [4.78, 5) is 11.9. The minimum absolute atomic E-state index is 0.164. The second kappa shape index (κ2) is 7.34. The Kier molecular flexibility index (Phi) is 4.99. The van der Waals surface area contributed by atoms with Crippen molar-refractivity contribution in [2.24, 2.45) is 0 Å². The van der Waals surface area contributed by atoms with E-state index in [1.54, 1.807) is 0 Å². The van der Waals surface area contributed by atoms with Gasteiger partial charge in [0.25, 0.3) is 5.22 Å². The van der Waals surface area contributed by atoms with Gasteiger partial charge in [-0.05, 0) is 18.6 Å². The Morgan fingerprint density at radius 2 is 2.04 bits per heavy atom. The van der Waals surface area contributed by atoms with Crippen LogP contribution < -0.4 is 5.32 Å². The molecule has 9 heteroatoms. The number of nitrogens with one attached hydrogen (secondary N) is 1. The summed E-state index contributed by atoms with van der Waals surface area (Å²) < 4.78 is 5.53. The Labute approximate surface area is 140 Å². The molecular formula is C14H13N5O2S2. The maximum absolute atomic E-state index is 11.9. The summed E-state index contributed by atoms with van der Waals surface area (Å²) in [5, 5.41) is 20.2. The molecule has 1 amide bonds. The summed E-state index contributed by atoms with van der Waals surface area (Å²) in [5.74, 6) is 0.413. The number of hydrogen-bond donors (Lipinski definition) is 1. The topological polar surface area (TPSA) is 93.8 Å². The molecule has 0 aliphatic heterocycles. The number of aromatic nitrogens is 4. The second-order valence-corrected chi connectivity index (χ2v) is 6.42. The van der Waals surface area contributed by atoms with E-state index in [0.717, 1.165) is 17.0 Å². The van der Waals surface area contributed by atoms with E-state index in [0.29, 0.717) is 16.2 Å². The van der Waals surface area contributed by atoms with Gasteiger partial charge in [0.15, 0.2) is 0 Å². The number of nitrogens with zero attached hydrogens (tertiary/aromatic N) is 4. The van der Waals surface area contributed by atoms with Crippen LogP contribution in [0.1, 0.15) is 11.9 Å². The number of thioether (sulfide) groups is 1. The molecule has 1 N–H and O–H groups in total. The van der Waals surface area contributed by atoms with Crippen molar-refractivity contribution in [3.63, 3.8) is 0 Å². The zero-order valence-electron chi connectivity index (χ0n) is 12.2. The molecule has 2 aromatic heterocycles. The Morgan fingerprint density at radius 3 is 2.78 bits per heavy atom. The average molecular weight is 347 g/mol. The van der Waals surface area contributed by atoms with Gasteiger partial charge in [-0.1, -0.05) is 48.2 Å². The number of benzene rings is 1. The summed E-state index contributed by atoms with van der Waals surface area (Å²) in [6.07, 6.45) is 0.798. The van der Waals surface area contributed by atoms with Crippen LogP contribution in [0.2, 0.25) is 0 Å². The van der Waals surface area contributed by atoms with E-state index in [9.17, 15) is 4.79 Å². The Morgan fingerprint density at radius 1 is 1.22 bits per heavy atom. The highest BCUT2D eigenvalue weighted by Crippen LogP contribution is 2.23. The van der Waals surface area contributed by atoms with Crippen LogP contribution in [0.4, 0.5) is 5.13 Å². The van der Waals surface area contributed by atoms with Gasteiger partial charge < -0.3 is 4.42 Å². The molecule has 0 bridgehead atoms. The fraction of sp³-hybridized carbons (Fsp3) is 0.214. The van der Waals surface area contributed by atoms with Gasteiger partial charge in [-0.3, -0.25) is 10.1 Å². The van der Waals surface area contributed by atoms with Crippen LogP contribution in [0.3, 0.4) is 0 Å². The number of amides is 1. The van der Waals surface area contributed by atoms with Crippen LogP contribution in [0.5, 0.6) is 0 Å². The first-order valence-corrected chi connectivity index (χ1v) is 8.68. The van der Waals surface area contributed by atoms with Crippen molar-refractivity contribution in [1.82, 2.24) is 20.4 Å². The molecule has 0 atom stereocenters. The highest BCUT2D eigenvalue weighted by Gasteiger charge is 2.12. The molecule has 0 saturated carbocycles. The highest BCUT2D eigenvalue weighted by atomic mass is 32.2. The number of carbonyl (C=O) groups excluding carboxylic acids is 1. The van der Waals surface area contributed by atoms with Gasteiger partial charge in [0.2, 0.25) is 16.9 Å². The third-order valence-corrected chi connectivity index (χ3v) is 4.57. The summed E-state index contributed by atoms with van der Waals surface area (Å²) >= 11 is 2.55. The van der Waals surface area contributed by atoms with E-state index >= 15 is 0 Å². The molecule has 0 spiro atoms. The van der Waals surface area contributed by atoms with Crippen LogP contribution in [-0.4, -0.2) is 32.1 Å². The lowest BCUT2D eigenvalue weighted by Gasteiger charge is -1.98. The van der Waals surface area contributed by atoms with Crippen LogP contribution in [0, 0.1) is 0 Å². The predicted octanol–water partition coefficient (Wildman–Crippen LogP) is 2.88. The zero-order valence-corrected chi connectivity index (χ0v) is 13.9. The third kappa shape index (κ3) is 4.14. The van der Waals surface area contributed by atoms with Gasteiger partial charge >= 0.3 is 0 Å². The Hall–Kier alpha value is -2.26.